The van der Waals surface area contributed by atoms with Gasteiger partial charge in [0, 0.05) is 30.5 Å². The van der Waals surface area contributed by atoms with Crippen molar-refractivity contribution in [2.75, 3.05) is 19.8 Å². The second-order valence-electron chi connectivity index (χ2n) is 7.73. The van der Waals surface area contributed by atoms with Gasteiger partial charge in [-0.1, -0.05) is 30.3 Å². The lowest BCUT2D eigenvalue weighted by atomic mass is 9.98. The van der Waals surface area contributed by atoms with Gasteiger partial charge in [0.1, 0.15) is 19.4 Å². The zero-order valence-corrected chi connectivity index (χ0v) is 16.7. The van der Waals surface area contributed by atoms with Crippen LogP contribution < -0.4 is 0 Å². The van der Waals surface area contributed by atoms with Gasteiger partial charge in [0.2, 0.25) is 0 Å². The van der Waals surface area contributed by atoms with Gasteiger partial charge in [0.15, 0.2) is 11.5 Å². The van der Waals surface area contributed by atoms with Crippen molar-refractivity contribution in [3.05, 3.63) is 88.6 Å². The minimum Gasteiger partial charge on any atom is -0.486 e. The molecule has 1 aromatic carbocycles. The van der Waals surface area contributed by atoms with E-state index in [9.17, 15) is 0 Å². The molecule has 1 aliphatic carbocycles. The number of rotatable bonds is 4. The molecule has 3 heterocycles. The summed E-state index contributed by atoms with van der Waals surface area (Å²) in [6.45, 7) is 5.08. The van der Waals surface area contributed by atoms with E-state index in [4.69, 9.17) is 14.2 Å². The number of nitrogens with zero attached hydrogens (tertiary/aromatic N) is 2. The van der Waals surface area contributed by atoms with E-state index in [1.807, 2.05) is 12.3 Å². The van der Waals surface area contributed by atoms with Gasteiger partial charge >= 0.3 is 0 Å². The molecule has 0 saturated carbocycles. The van der Waals surface area contributed by atoms with E-state index < -0.39 is 0 Å². The summed E-state index contributed by atoms with van der Waals surface area (Å²) in [4.78, 5) is 6.94. The number of benzene rings is 1. The van der Waals surface area contributed by atoms with E-state index in [0.29, 0.717) is 13.2 Å². The van der Waals surface area contributed by atoms with Gasteiger partial charge in [-0.15, -0.1) is 0 Å². The molecule has 0 N–H and O–H groups in total. The van der Waals surface area contributed by atoms with E-state index in [1.54, 1.807) is 0 Å². The summed E-state index contributed by atoms with van der Waals surface area (Å²) in [5.74, 6) is 1.65. The predicted molar refractivity (Wildman–Crippen MR) is 110 cm³/mol. The van der Waals surface area contributed by atoms with Gasteiger partial charge in [-0.3, -0.25) is 9.88 Å². The van der Waals surface area contributed by atoms with E-state index in [1.165, 1.54) is 11.1 Å². The van der Waals surface area contributed by atoms with Crippen molar-refractivity contribution in [1.29, 1.82) is 0 Å². The van der Waals surface area contributed by atoms with Crippen molar-refractivity contribution in [2.45, 2.75) is 38.6 Å². The highest BCUT2D eigenvalue weighted by Crippen LogP contribution is 2.34. The number of fused-ring (bicyclic) bond motifs is 2. The minimum absolute atomic E-state index is 0.0581. The Morgan fingerprint density at radius 1 is 1.07 bits per heavy atom. The molecular formula is C24H26N2O3. The molecule has 5 rings (SSSR count). The van der Waals surface area contributed by atoms with Crippen molar-refractivity contribution in [3.63, 3.8) is 0 Å². The zero-order valence-electron chi connectivity index (χ0n) is 16.7. The highest BCUT2D eigenvalue weighted by Gasteiger charge is 2.30. The Bertz CT molecular complexity index is 953. The first-order valence-electron chi connectivity index (χ1n) is 10.3. The third-order valence-electron chi connectivity index (χ3n) is 5.82. The predicted octanol–water partition coefficient (Wildman–Crippen LogP) is 4.05. The standard InChI is InChI=1S/C24H26N2O3/c1-17-21(7-4-11-25-17)24(26-12-10-18-5-2-3-6-19(18)16-26)29-20-8-9-22-23(15-20)28-14-13-27-22/h2-7,9,11,15,20,24H,8,10,12-14,16H2,1H3. The van der Waals surface area contributed by atoms with Crippen molar-refractivity contribution < 1.29 is 14.2 Å². The summed E-state index contributed by atoms with van der Waals surface area (Å²) in [6, 6.07) is 12.8. The SMILES string of the molecule is Cc1ncccc1C(OC1C=C2OCCOC2=CC1)N1CCc2ccccc2C1. The fourth-order valence-corrected chi connectivity index (χ4v) is 4.29. The Balaban J connectivity index is 1.42. The van der Waals surface area contributed by atoms with Crippen LogP contribution in [0.5, 0.6) is 0 Å². The fourth-order valence-electron chi connectivity index (χ4n) is 4.29. The van der Waals surface area contributed by atoms with Crippen LogP contribution in [0.4, 0.5) is 0 Å². The summed E-state index contributed by atoms with van der Waals surface area (Å²) >= 11 is 0. The average molecular weight is 390 g/mol. The molecule has 5 nitrogen and oxygen atoms in total. The number of ether oxygens (including phenoxy) is 3. The highest BCUT2D eigenvalue weighted by atomic mass is 16.6. The summed E-state index contributed by atoms with van der Waals surface area (Å²) < 4.78 is 18.2. The maximum absolute atomic E-state index is 6.69. The topological polar surface area (TPSA) is 43.8 Å². The lowest BCUT2D eigenvalue weighted by Crippen LogP contribution is -2.38. The molecule has 0 bridgehead atoms. The number of hydrogen-bond donors (Lipinski definition) is 0. The number of pyridine rings is 1. The fraction of sp³-hybridized carbons (Fsp3) is 0.375. The number of hydrogen-bond acceptors (Lipinski definition) is 5. The van der Waals surface area contributed by atoms with E-state index >= 15 is 0 Å². The summed E-state index contributed by atoms with van der Waals surface area (Å²) in [5.41, 5.74) is 4.95. The molecular weight excluding hydrogens is 364 g/mol. The van der Waals surface area contributed by atoms with Gasteiger partial charge < -0.3 is 14.2 Å². The van der Waals surface area contributed by atoms with Gasteiger partial charge in [0.25, 0.3) is 0 Å². The van der Waals surface area contributed by atoms with E-state index in [-0.39, 0.29) is 12.3 Å². The second kappa shape index (κ2) is 8.01. The maximum Gasteiger partial charge on any atom is 0.159 e. The largest absolute Gasteiger partial charge is 0.486 e. The van der Waals surface area contributed by atoms with Gasteiger partial charge in [-0.2, -0.15) is 0 Å². The van der Waals surface area contributed by atoms with Crippen LogP contribution in [-0.2, 0) is 27.2 Å². The van der Waals surface area contributed by atoms with E-state index in [2.05, 4.69) is 59.3 Å². The first kappa shape index (κ1) is 18.4. The third-order valence-corrected chi connectivity index (χ3v) is 5.82. The summed E-state index contributed by atoms with van der Waals surface area (Å²) in [7, 11) is 0. The molecule has 29 heavy (non-hydrogen) atoms. The number of aryl methyl sites for hydroxylation is 1. The van der Waals surface area contributed by atoms with Crippen LogP contribution in [0.2, 0.25) is 0 Å². The molecule has 2 aliphatic heterocycles. The van der Waals surface area contributed by atoms with Crippen molar-refractivity contribution in [2.24, 2.45) is 0 Å². The first-order valence-corrected chi connectivity index (χ1v) is 10.3. The Labute approximate surface area is 171 Å². The Morgan fingerprint density at radius 2 is 1.90 bits per heavy atom. The summed E-state index contributed by atoms with van der Waals surface area (Å²) in [6.07, 6.45) is 7.58. The molecule has 2 atom stereocenters. The Kier molecular flexibility index (Phi) is 5.08. The van der Waals surface area contributed by atoms with Gasteiger partial charge in [-0.05, 0) is 49.1 Å². The molecule has 0 amide bonds. The Morgan fingerprint density at radius 3 is 2.76 bits per heavy atom. The molecule has 1 fully saturated rings. The third kappa shape index (κ3) is 3.80. The smallest absolute Gasteiger partial charge is 0.159 e. The Hall–Kier alpha value is -2.63. The molecule has 2 unspecified atom stereocenters. The zero-order chi connectivity index (χ0) is 19.6. The quantitative estimate of drug-likeness (QED) is 0.788. The second-order valence-corrected chi connectivity index (χ2v) is 7.73. The van der Waals surface area contributed by atoms with Crippen LogP contribution in [0.25, 0.3) is 0 Å². The lowest BCUT2D eigenvalue weighted by Gasteiger charge is -2.38. The van der Waals surface area contributed by atoms with Crippen LogP contribution in [0, 0.1) is 6.92 Å². The molecule has 150 valence electrons. The lowest BCUT2D eigenvalue weighted by molar-refractivity contribution is -0.0961. The molecule has 2 aromatic rings. The molecule has 3 aliphatic rings. The summed E-state index contributed by atoms with van der Waals surface area (Å²) in [5, 5.41) is 0. The molecule has 5 heteroatoms. The molecule has 0 radical (unpaired) electrons. The normalized spacial score (nSPS) is 22.3. The highest BCUT2D eigenvalue weighted by molar-refractivity contribution is 5.31. The maximum atomic E-state index is 6.69. The van der Waals surface area contributed by atoms with Crippen LogP contribution in [-0.4, -0.2) is 35.7 Å². The first-order chi connectivity index (χ1) is 14.3. The molecule has 1 saturated heterocycles. The van der Waals surface area contributed by atoms with Gasteiger partial charge in [0.05, 0.1) is 6.10 Å². The van der Waals surface area contributed by atoms with E-state index in [0.717, 1.165) is 48.7 Å². The average Bonchev–Trinajstić information content (AvgIpc) is 2.78. The minimum atomic E-state index is -0.154. The van der Waals surface area contributed by atoms with Crippen molar-refractivity contribution in [1.82, 2.24) is 9.88 Å². The van der Waals surface area contributed by atoms with Crippen molar-refractivity contribution >= 4 is 0 Å². The molecule has 0 spiro atoms. The van der Waals surface area contributed by atoms with Crippen LogP contribution >= 0.6 is 0 Å². The van der Waals surface area contributed by atoms with Crippen molar-refractivity contribution in [3.8, 4) is 0 Å². The van der Waals surface area contributed by atoms with Crippen LogP contribution in [0.3, 0.4) is 0 Å². The van der Waals surface area contributed by atoms with Crippen LogP contribution in [0.15, 0.2) is 66.3 Å². The van der Waals surface area contributed by atoms with Gasteiger partial charge in [-0.25, -0.2) is 0 Å². The van der Waals surface area contributed by atoms with Crippen LogP contribution in [0.1, 0.15) is 35.0 Å². The molecule has 1 aromatic heterocycles. The monoisotopic (exact) mass is 390 g/mol. The number of aromatic nitrogens is 1.